The molecule has 2 aromatic heterocycles. The van der Waals surface area contributed by atoms with Crippen molar-refractivity contribution in [2.75, 3.05) is 0 Å². The highest BCUT2D eigenvalue weighted by molar-refractivity contribution is 6.38. The number of benzene rings is 10. The van der Waals surface area contributed by atoms with E-state index in [1.54, 1.807) is 0 Å². The van der Waals surface area contributed by atoms with Gasteiger partial charge >= 0.3 is 0 Å². The summed E-state index contributed by atoms with van der Waals surface area (Å²) in [6.07, 6.45) is 0. The van der Waals surface area contributed by atoms with E-state index in [4.69, 9.17) is 9.97 Å². The summed E-state index contributed by atoms with van der Waals surface area (Å²) >= 11 is 0. The molecular weight excluding hydrogens is 715 g/mol. The second-order valence-electron chi connectivity index (χ2n) is 15.3. The minimum absolute atomic E-state index is 0.701. The minimum Gasteiger partial charge on any atom is -0.309 e. The molecule has 0 bridgehead atoms. The summed E-state index contributed by atoms with van der Waals surface area (Å²) in [6, 6.07) is 76.2. The van der Waals surface area contributed by atoms with Gasteiger partial charge in [0.1, 0.15) is 0 Å². The first-order chi connectivity index (χ1) is 29.3. The van der Waals surface area contributed by atoms with E-state index in [9.17, 15) is 0 Å². The number of fused-ring (bicyclic) bond motifs is 11. The van der Waals surface area contributed by atoms with Crippen molar-refractivity contribution in [2.24, 2.45) is 0 Å². The van der Waals surface area contributed by atoms with E-state index in [1.165, 1.54) is 70.5 Å². The summed E-state index contributed by atoms with van der Waals surface area (Å²) < 4.78 is 2.45. The van der Waals surface area contributed by atoms with Crippen molar-refractivity contribution < 1.29 is 0 Å². The lowest BCUT2D eigenvalue weighted by Gasteiger charge is -2.16. The molecule has 10 aromatic carbocycles. The average Bonchev–Trinajstić information content (AvgIpc) is 3.67. The summed E-state index contributed by atoms with van der Waals surface area (Å²) in [5, 5.41) is 12.4. The van der Waals surface area contributed by atoms with Gasteiger partial charge in [0.15, 0.2) is 5.82 Å². The van der Waals surface area contributed by atoms with Crippen molar-refractivity contribution in [3.8, 4) is 50.7 Å². The fourth-order valence-corrected chi connectivity index (χ4v) is 9.33. The standard InChI is InChI=1S/C56H35N3/c1-3-17-38(18-4-1)50-35-51(44-28-15-19-36-16-7-8-22-41(36)44)58-56(57-50)39-32-30-37(31-33-39)48-34-49-43-24-10-12-26-46(43)55-54(53(49)45-25-11-9-23-42(45)48)47-27-13-14-29-52(47)59(55)40-20-5-2-6-21-40/h1-35H. The molecule has 0 unspecified atom stereocenters. The van der Waals surface area contributed by atoms with E-state index in [0.717, 1.165) is 39.3 Å². The smallest absolute Gasteiger partial charge is 0.160 e. The average molecular weight is 750 g/mol. The second kappa shape index (κ2) is 13.4. The first kappa shape index (κ1) is 33.3. The monoisotopic (exact) mass is 749 g/mol. The van der Waals surface area contributed by atoms with E-state index in [-0.39, 0.29) is 0 Å². The van der Waals surface area contributed by atoms with Gasteiger partial charge in [0.25, 0.3) is 0 Å². The summed E-state index contributed by atoms with van der Waals surface area (Å²) in [6.45, 7) is 0. The molecule has 0 amide bonds. The third-order valence-electron chi connectivity index (χ3n) is 12.0. The quantitative estimate of drug-likeness (QED) is 0.164. The Bertz CT molecular complexity index is 3580. The number of hydrogen-bond acceptors (Lipinski definition) is 2. The van der Waals surface area contributed by atoms with Crippen molar-refractivity contribution in [2.45, 2.75) is 0 Å². The van der Waals surface area contributed by atoms with Gasteiger partial charge in [-0.3, -0.25) is 0 Å². The van der Waals surface area contributed by atoms with Crippen LogP contribution in [0.1, 0.15) is 0 Å². The van der Waals surface area contributed by atoms with Crippen LogP contribution >= 0.6 is 0 Å². The molecule has 2 heterocycles. The number of nitrogens with zero attached hydrogens (tertiary/aromatic N) is 3. The van der Waals surface area contributed by atoms with Crippen molar-refractivity contribution in [3.63, 3.8) is 0 Å². The van der Waals surface area contributed by atoms with Crippen LogP contribution in [0.25, 0.3) is 116 Å². The maximum atomic E-state index is 5.24. The SMILES string of the molecule is c1ccc(-c2cc(-c3cccc4ccccc34)nc(-c3ccc(-c4cc5c6ccccc6c6c(c7ccccc7n6-c6ccccc6)c5c5ccccc45)cc3)n2)cc1. The van der Waals surface area contributed by atoms with Crippen LogP contribution in [0.2, 0.25) is 0 Å². The Hall–Kier alpha value is -7.88. The van der Waals surface area contributed by atoms with Crippen molar-refractivity contribution in [1.29, 1.82) is 0 Å². The van der Waals surface area contributed by atoms with Crippen LogP contribution in [0.5, 0.6) is 0 Å². The number of hydrogen-bond donors (Lipinski definition) is 0. The van der Waals surface area contributed by atoms with Crippen LogP contribution < -0.4 is 0 Å². The van der Waals surface area contributed by atoms with E-state index in [0.29, 0.717) is 5.82 Å². The Morgan fingerprint density at radius 3 is 1.71 bits per heavy atom. The summed E-state index contributed by atoms with van der Waals surface area (Å²) in [7, 11) is 0. The van der Waals surface area contributed by atoms with Gasteiger partial charge in [-0.2, -0.15) is 0 Å². The van der Waals surface area contributed by atoms with Crippen LogP contribution in [-0.4, -0.2) is 14.5 Å². The molecule has 0 spiro atoms. The molecule has 0 saturated carbocycles. The molecule has 0 saturated heterocycles. The van der Waals surface area contributed by atoms with E-state index in [1.807, 2.05) is 6.07 Å². The first-order valence-electron chi connectivity index (χ1n) is 20.2. The predicted molar refractivity (Wildman–Crippen MR) is 248 cm³/mol. The van der Waals surface area contributed by atoms with Gasteiger partial charge in [-0.15, -0.1) is 0 Å². The van der Waals surface area contributed by atoms with Crippen molar-refractivity contribution >= 4 is 64.9 Å². The zero-order chi connectivity index (χ0) is 38.9. The van der Waals surface area contributed by atoms with Crippen LogP contribution in [0.3, 0.4) is 0 Å². The third kappa shape index (κ3) is 5.29. The summed E-state index contributed by atoms with van der Waals surface area (Å²) in [5.74, 6) is 0.701. The van der Waals surface area contributed by atoms with Gasteiger partial charge in [0.2, 0.25) is 0 Å². The van der Waals surface area contributed by atoms with E-state index < -0.39 is 0 Å². The zero-order valence-corrected chi connectivity index (χ0v) is 32.0. The fourth-order valence-electron chi connectivity index (χ4n) is 9.33. The topological polar surface area (TPSA) is 30.7 Å². The van der Waals surface area contributed by atoms with Gasteiger partial charge in [0.05, 0.1) is 22.4 Å². The fraction of sp³-hybridized carbons (Fsp3) is 0. The molecule has 0 radical (unpaired) electrons. The molecule has 0 aliphatic rings. The molecular formula is C56H35N3. The maximum absolute atomic E-state index is 5.24. The van der Waals surface area contributed by atoms with Crippen molar-refractivity contribution in [3.05, 3.63) is 212 Å². The molecule has 0 fully saturated rings. The summed E-state index contributed by atoms with van der Waals surface area (Å²) in [5.41, 5.74) is 10.9. The van der Waals surface area contributed by atoms with Gasteiger partial charge < -0.3 is 4.57 Å². The highest BCUT2D eigenvalue weighted by Crippen LogP contribution is 2.47. The first-order valence-corrected chi connectivity index (χ1v) is 20.2. The molecule has 274 valence electrons. The van der Waals surface area contributed by atoms with Crippen LogP contribution in [0.15, 0.2) is 212 Å². The highest BCUT2D eigenvalue weighted by atomic mass is 15.0. The molecule has 3 heteroatoms. The Kier molecular flexibility index (Phi) is 7.54. The zero-order valence-electron chi connectivity index (χ0n) is 32.0. The maximum Gasteiger partial charge on any atom is 0.160 e. The molecule has 12 aromatic rings. The Balaban J connectivity index is 1.08. The predicted octanol–water partition coefficient (Wildman–Crippen LogP) is 14.9. The van der Waals surface area contributed by atoms with Gasteiger partial charge in [-0.25, -0.2) is 9.97 Å². The number of aromatic nitrogens is 3. The van der Waals surface area contributed by atoms with E-state index in [2.05, 4.69) is 211 Å². The molecule has 12 rings (SSSR count). The van der Waals surface area contributed by atoms with Gasteiger partial charge in [-0.05, 0) is 73.8 Å². The van der Waals surface area contributed by atoms with Crippen LogP contribution in [0.4, 0.5) is 0 Å². The molecule has 0 aliphatic carbocycles. The summed E-state index contributed by atoms with van der Waals surface area (Å²) in [4.78, 5) is 10.4. The Morgan fingerprint density at radius 1 is 0.322 bits per heavy atom. The van der Waals surface area contributed by atoms with Gasteiger partial charge in [-0.1, -0.05) is 182 Å². The number of para-hydroxylation sites is 2. The highest BCUT2D eigenvalue weighted by Gasteiger charge is 2.22. The third-order valence-corrected chi connectivity index (χ3v) is 12.0. The second-order valence-corrected chi connectivity index (χ2v) is 15.3. The Morgan fingerprint density at radius 2 is 0.915 bits per heavy atom. The van der Waals surface area contributed by atoms with Crippen molar-refractivity contribution in [1.82, 2.24) is 14.5 Å². The number of rotatable bonds is 5. The van der Waals surface area contributed by atoms with Gasteiger partial charge in [0, 0.05) is 43.9 Å². The lowest BCUT2D eigenvalue weighted by atomic mass is 9.88. The minimum atomic E-state index is 0.701. The lowest BCUT2D eigenvalue weighted by molar-refractivity contribution is 1.18. The van der Waals surface area contributed by atoms with Crippen LogP contribution in [0, 0.1) is 0 Å². The largest absolute Gasteiger partial charge is 0.309 e. The molecule has 0 aliphatic heterocycles. The molecule has 59 heavy (non-hydrogen) atoms. The normalized spacial score (nSPS) is 11.7. The lowest BCUT2D eigenvalue weighted by Crippen LogP contribution is -1.96. The van der Waals surface area contributed by atoms with Crippen LogP contribution in [-0.2, 0) is 0 Å². The van der Waals surface area contributed by atoms with E-state index >= 15 is 0 Å². The Labute approximate surface area is 341 Å². The molecule has 0 atom stereocenters. The molecule has 3 nitrogen and oxygen atoms in total. The molecule has 0 N–H and O–H groups in total.